The summed E-state index contributed by atoms with van der Waals surface area (Å²) >= 11 is 0. The molecule has 78 valence electrons. The van der Waals surface area contributed by atoms with Crippen LogP contribution in [-0.4, -0.2) is 17.3 Å². The van der Waals surface area contributed by atoms with Crippen LogP contribution in [0.15, 0.2) is 0 Å². The average Bonchev–Trinajstić information content (AvgIpc) is 2.02. The molecule has 0 saturated heterocycles. The highest BCUT2D eigenvalue weighted by Crippen LogP contribution is 2.38. The molecule has 0 amide bonds. The molecule has 1 saturated carbocycles. The Labute approximate surface area is 81.5 Å². The molecule has 1 rings (SSSR count). The molecule has 0 spiro atoms. The topological polar surface area (TPSA) is 46.2 Å². The molecular formula is C11H23NO. The third-order valence-electron chi connectivity index (χ3n) is 3.47. The molecule has 0 heterocycles. The molecule has 0 aromatic heterocycles. The highest BCUT2D eigenvalue weighted by Gasteiger charge is 2.35. The summed E-state index contributed by atoms with van der Waals surface area (Å²) in [7, 11) is 0. The van der Waals surface area contributed by atoms with Gasteiger partial charge < -0.3 is 10.8 Å². The first kappa shape index (κ1) is 11.0. The van der Waals surface area contributed by atoms with Crippen LogP contribution in [0.3, 0.4) is 0 Å². The van der Waals surface area contributed by atoms with E-state index in [0.717, 1.165) is 24.7 Å². The molecule has 3 N–H and O–H groups in total. The molecule has 0 aromatic carbocycles. The van der Waals surface area contributed by atoms with Crippen LogP contribution in [0.2, 0.25) is 0 Å². The number of rotatable bonds is 2. The fourth-order valence-electron chi connectivity index (χ4n) is 2.62. The van der Waals surface area contributed by atoms with Crippen LogP contribution in [0.5, 0.6) is 0 Å². The maximum atomic E-state index is 10.1. The Kier molecular flexibility index (Phi) is 3.36. The zero-order chi connectivity index (χ0) is 10.1. The van der Waals surface area contributed by atoms with E-state index in [4.69, 9.17) is 5.73 Å². The lowest BCUT2D eigenvalue weighted by Crippen LogP contribution is -2.45. The zero-order valence-electron chi connectivity index (χ0n) is 9.09. The normalized spacial score (nSPS) is 39.9. The summed E-state index contributed by atoms with van der Waals surface area (Å²) in [4.78, 5) is 0. The van der Waals surface area contributed by atoms with E-state index in [2.05, 4.69) is 13.8 Å². The van der Waals surface area contributed by atoms with E-state index in [1.54, 1.807) is 0 Å². The molecular weight excluding hydrogens is 162 g/mol. The summed E-state index contributed by atoms with van der Waals surface area (Å²) < 4.78 is 0. The Morgan fingerprint density at radius 3 is 2.08 bits per heavy atom. The van der Waals surface area contributed by atoms with Gasteiger partial charge in [-0.3, -0.25) is 0 Å². The monoisotopic (exact) mass is 185 g/mol. The van der Waals surface area contributed by atoms with Gasteiger partial charge in [-0.2, -0.15) is 0 Å². The molecule has 2 heteroatoms. The van der Waals surface area contributed by atoms with Gasteiger partial charge in [0.15, 0.2) is 0 Å². The van der Waals surface area contributed by atoms with Crippen molar-refractivity contribution in [1.29, 1.82) is 0 Å². The summed E-state index contributed by atoms with van der Waals surface area (Å²) in [6, 6.07) is 0. The fraction of sp³-hybridized carbons (Fsp3) is 1.00. The first-order valence-electron chi connectivity index (χ1n) is 5.38. The smallest absolute Gasteiger partial charge is 0.0769 e. The van der Waals surface area contributed by atoms with Gasteiger partial charge in [0.25, 0.3) is 0 Å². The van der Waals surface area contributed by atoms with Crippen LogP contribution < -0.4 is 5.73 Å². The lowest BCUT2D eigenvalue weighted by atomic mass is 9.70. The Balaban J connectivity index is 2.59. The van der Waals surface area contributed by atoms with Gasteiger partial charge in [0.1, 0.15) is 0 Å². The second-order valence-electron chi connectivity index (χ2n) is 5.18. The number of aliphatic hydroxyl groups is 1. The third-order valence-corrected chi connectivity index (χ3v) is 3.47. The van der Waals surface area contributed by atoms with Crippen LogP contribution in [0.1, 0.15) is 40.0 Å². The van der Waals surface area contributed by atoms with Crippen molar-refractivity contribution >= 4 is 0 Å². The summed E-state index contributed by atoms with van der Waals surface area (Å²) in [6.07, 6.45) is 3.57. The highest BCUT2D eigenvalue weighted by atomic mass is 16.3. The minimum atomic E-state index is -0.650. The van der Waals surface area contributed by atoms with Crippen LogP contribution in [0.4, 0.5) is 0 Å². The minimum Gasteiger partial charge on any atom is -0.389 e. The van der Waals surface area contributed by atoms with Crippen LogP contribution in [0.25, 0.3) is 0 Å². The number of hydrogen-bond donors (Lipinski definition) is 2. The Bertz CT molecular complexity index is 157. The van der Waals surface area contributed by atoms with Crippen molar-refractivity contribution in [2.75, 3.05) is 6.54 Å². The second-order valence-corrected chi connectivity index (χ2v) is 5.18. The number of nitrogens with two attached hydrogens (primary N) is 1. The maximum absolute atomic E-state index is 10.1. The quantitative estimate of drug-likeness (QED) is 0.688. The Hall–Kier alpha value is -0.0800. The van der Waals surface area contributed by atoms with Gasteiger partial charge in [-0.15, -0.1) is 0 Å². The molecule has 1 aliphatic rings. The van der Waals surface area contributed by atoms with E-state index < -0.39 is 5.60 Å². The molecule has 3 atom stereocenters. The van der Waals surface area contributed by atoms with Crippen LogP contribution >= 0.6 is 0 Å². The molecule has 3 unspecified atom stereocenters. The molecule has 1 fully saturated rings. The standard InChI is InChI=1S/C11H23NO/c1-8-4-9(2)6-10(5-8)11(3,13)7-12/h8-10,13H,4-7,12H2,1-3H3. The van der Waals surface area contributed by atoms with E-state index in [1.165, 1.54) is 6.42 Å². The van der Waals surface area contributed by atoms with Gasteiger partial charge in [-0.25, -0.2) is 0 Å². The van der Waals surface area contributed by atoms with Gasteiger partial charge >= 0.3 is 0 Å². The third kappa shape index (κ3) is 2.68. The first-order chi connectivity index (χ1) is 5.95. The first-order valence-corrected chi connectivity index (χ1v) is 5.38. The molecule has 0 aromatic rings. The molecule has 2 nitrogen and oxygen atoms in total. The predicted octanol–water partition coefficient (Wildman–Crippen LogP) is 1.77. The SMILES string of the molecule is CC1CC(C)CC(C(C)(O)CN)C1. The van der Waals surface area contributed by atoms with Crippen molar-refractivity contribution < 1.29 is 5.11 Å². The summed E-state index contributed by atoms with van der Waals surface area (Å²) in [5, 5.41) is 10.1. The Morgan fingerprint density at radius 1 is 1.23 bits per heavy atom. The molecule has 13 heavy (non-hydrogen) atoms. The van der Waals surface area contributed by atoms with Gasteiger partial charge in [0, 0.05) is 6.54 Å². The largest absolute Gasteiger partial charge is 0.389 e. The van der Waals surface area contributed by atoms with Crippen molar-refractivity contribution in [3.63, 3.8) is 0 Å². The van der Waals surface area contributed by atoms with E-state index in [-0.39, 0.29) is 0 Å². The van der Waals surface area contributed by atoms with E-state index in [9.17, 15) is 5.11 Å². The van der Waals surface area contributed by atoms with E-state index >= 15 is 0 Å². The fourth-order valence-corrected chi connectivity index (χ4v) is 2.62. The second kappa shape index (κ2) is 3.97. The van der Waals surface area contributed by atoms with Gasteiger partial charge in [0.05, 0.1) is 5.60 Å². The minimum absolute atomic E-state index is 0.386. The molecule has 0 radical (unpaired) electrons. The van der Waals surface area contributed by atoms with Crippen molar-refractivity contribution in [1.82, 2.24) is 0 Å². The highest BCUT2D eigenvalue weighted by molar-refractivity contribution is 4.88. The lowest BCUT2D eigenvalue weighted by molar-refractivity contribution is -0.0259. The molecule has 0 aliphatic heterocycles. The van der Waals surface area contributed by atoms with Crippen molar-refractivity contribution in [3.8, 4) is 0 Å². The van der Waals surface area contributed by atoms with Crippen molar-refractivity contribution in [2.24, 2.45) is 23.5 Å². The predicted molar refractivity (Wildman–Crippen MR) is 55.3 cm³/mol. The van der Waals surface area contributed by atoms with Crippen LogP contribution in [-0.2, 0) is 0 Å². The summed E-state index contributed by atoms with van der Waals surface area (Å²) in [6.45, 7) is 6.81. The maximum Gasteiger partial charge on any atom is 0.0769 e. The zero-order valence-corrected chi connectivity index (χ0v) is 9.09. The van der Waals surface area contributed by atoms with Gasteiger partial charge in [0.2, 0.25) is 0 Å². The number of hydrogen-bond acceptors (Lipinski definition) is 2. The van der Waals surface area contributed by atoms with Gasteiger partial charge in [-0.05, 0) is 43.9 Å². The average molecular weight is 185 g/mol. The van der Waals surface area contributed by atoms with Crippen molar-refractivity contribution in [2.45, 2.75) is 45.6 Å². The lowest BCUT2D eigenvalue weighted by Gasteiger charge is -2.39. The summed E-state index contributed by atoms with van der Waals surface area (Å²) in [5.74, 6) is 1.88. The molecule has 1 aliphatic carbocycles. The summed E-state index contributed by atoms with van der Waals surface area (Å²) in [5.41, 5.74) is 4.93. The van der Waals surface area contributed by atoms with Crippen molar-refractivity contribution in [3.05, 3.63) is 0 Å². The Morgan fingerprint density at radius 2 is 1.69 bits per heavy atom. The van der Waals surface area contributed by atoms with E-state index in [0.29, 0.717) is 12.5 Å². The van der Waals surface area contributed by atoms with Crippen LogP contribution in [0, 0.1) is 17.8 Å². The van der Waals surface area contributed by atoms with Gasteiger partial charge in [-0.1, -0.05) is 13.8 Å². The van der Waals surface area contributed by atoms with E-state index in [1.807, 2.05) is 6.92 Å². The molecule has 0 bridgehead atoms.